The molecule has 2 unspecified atom stereocenters. The van der Waals surface area contributed by atoms with E-state index >= 15 is 0 Å². The van der Waals surface area contributed by atoms with Crippen LogP contribution in [0, 0.1) is 0 Å². The molecule has 194 valence electrons. The smallest absolute Gasteiger partial charge is 0.298 e. The first-order valence-corrected chi connectivity index (χ1v) is 13.4. The van der Waals surface area contributed by atoms with Crippen LogP contribution < -0.4 is 9.47 Å². The molecule has 2 atom stereocenters. The number of carbonyl (C=O) groups excluding carboxylic acids is 1. The van der Waals surface area contributed by atoms with E-state index in [0.717, 1.165) is 41.8 Å². The summed E-state index contributed by atoms with van der Waals surface area (Å²) < 4.78 is 16.9. The monoisotopic (exact) mass is 568 g/mol. The van der Waals surface area contributed by atoms with Crippen molar-refractivity contribution in [2.45, 2.75) is 50.0 Å². The molecule has 2 saturated carbocycles. The van der Waals surface area contributed by atoms with Crippen LogP contribution >= 0.6 is 34.8 Å². The normalized spacial score (nSPS) is 20.3. The van der Waals surface area contributed by atoms with E-state index in [1.54, 1.807) is 36.5 Å². The first-order chi connectivity index (χ1) is 18.4. The Morgan fingerprint density at radius 2 is 1.84 bits per heavy atom. The lowest BCUT2D eigenvalue weighted by Crippen LogP contribution is -2.06. The summed E-state index contributed by atoms with van der Waals surface area (Å²) in [6.45, 7) is 2.82. The highest BCUT2D eigenvalue weighted by atomic mass is 35.5. The van der Waals surface area contributed by atoms with Gasteiger partial charge in [-0.05, 0) is 55.2 Å². The van der Waals surface area contributed by atoms with Crippen LogP contribution in [0.15, 0.2) is 59.3 Å². The molecule has 6 rings (SSSR count). The second kappa shape index (κ2) is 9.92. The summed E-state index contributed by atoms with van der Waals surface area (Å²) in [5.41, 5.74) is 3.81. The molecule has 0 saturated heterocycles. The zero-order valence-corrected chi connectivity index (χ0v) is 22.7. The largest absolute Gasteiger partial charge is 0.489 e. The average Bonchev–Trinajstić information content (AvgIpc) is 3.81. The highest BCUT2D eigenvalue weighted by Gasteiger charge is 2.53. The summed E-state index contributed by atoms with van der Waals surface area (Å²) in [7, 11) is 0. The fraction of sp³-hybridized carbons (Fsp3) is 0.276. The Hall–Kier alpha value is -3.06. The van der Waals surface area contributed by atoms with Crippen molar-refractivity contribution in [1.82, 2.24) is 10.1 Å². The topological polar surface area (TPSA) is 74.5 Å². The number of benzene rings is 2. The van der Waals surface area contributed by atoms with E-state index in [-0.39, 0.29) is 17.9 Å². The molecule has 4 aromatic rings. The Balaban J connectivity index is 1.23. The summed E-state index contributed by atoms with van der Waals surface area (Å²) in [5.74, 6) is 2.44. The molecule has 0 amide bonds. The van der Waals surface area contributed by atoms with Crippen molar-refractivity contribution in [3.05, 3.63) is 92.4 Å². The van der Waals surface area contributed by atoms with Gasteiger partial charge in [0.1, 0.15) is 29.6 Å². The van der Waals surface area contributed by atoms with Crippen molar-refractivity contribution in [1.29, 1.82) is 0 Å². The van der Waals surface area contributed by atoms with Gasteiger partial charge in [0.25, 0.3) is 6.47 Å². The minimum Gasteiger partial charge on any atom is -0.489 e. The van der Waals surface area contributed by atoms with Gasteiger partial charge < -0.3 is 14.0 Å². The Kier molecular flexibility index (Phi) is 6.58. The highest BCUT2D eigenvalue weighted by molar-refractivity contribution is 6.39. The molecule has 2 aliphatic rings. The molecule has 38 heavy (non-hydrogen) atoms. The van der Waals surface area contributed by atoms with Gasteiger partial charge in [-0.15, -0.1) is 0 Å². The maximum Gasteiger partial charge on any atom is 0.298 e. The lowest BCUT2D eigenvalue weighted by Gasteiger charge is -2.16. The quantitative estimate of drug-likeness (QED) is 0.189. The maximum absolute atomic E-state index is 10.7. The predicted molar refractivity (Wildman–Crippen MR) is 145 cm³/mol. The summed E-state index contributed by atoms with van der Waals surface area (Å²) in [4.78, 5) is 15.2. The van der Waals surface area contributed by atoms with Gasteiger partial charge in [-0.2, -0.15) is 0 Å². The van der Waals surface area contributed by atoms with Gasteiger partial charge in [-0.25, -0.2) is 0 Å². The molecule has 6 nitrogen and oxygen atoms in total. The molecule has 2 aliphatic carbocycles. The highest BCUT2D eigenvalue weighted by Crippen LogP contribution is 2.61. The number of hydrogen-bond acceptors (Lipinski definition) is 6. The van der Waals surface area contributed by atoms with Crippen molar-refractivity contribution in [3.63, 3.8) is 0 Å². The van der Waals surface area contributed by atoms with E-state index in [9.17, 15) is 4.79 Å². The van der Waals surface area contributed by atoms with Gasteiger partial charge in [0.2, 0.25) is 0 Å². The maximum atomic E-state index is 10.7. The first-order valence-electron chi connectivity index (χ1n) is 12.3. The molecule has 9 heteroatoms. The molecule has 0 N–H and O–H groups in total. The number of carbonyl (C=O) groups is 1. The number of halogens is 3. The van der Waals surface area contributed by atoms with Gasteiger partial charge in [0, 0.05) is 45.8 Å². The summed E-state index contributed by atoms with van der Waals surface area (Å²) >= 11 is 19.7. The van der Waals surface area contributed by atoms with Crippen molar-refractivity contribution in [2.75, 3.05) is 0 Å². The van der Waals surface area contributed by atoms with E-state index in [2.05, 4.69) is 17.1 Å². The molecular formula is C29H23Cl3N2O4. The van der Waals surface area contributed by atoms with Crippen LogP contribution in [0.3, 0.4) is 0 Å². The van der Waals surface area contributed by atoms with Crippen LogP contribution in [0.1, 0.15) is 60.6 Å². The number of nitrogens with zero attached hydrogens (tertiary/aromatic N) is 2. The Morgan fingerprint density at radius 1 is 1.05 bits per heavy atom. The van der Waals surface area contributed by atoms with Crippen LogP contribution in [0.4, 0.5) is 0 Å². The van der Waals surface area contributed by atoms with Crippen molar-refractivity contribution in [3.8, 4) is 22.8 Å². The zero-order valence-electron chi connectivity index (χ0n) is 20.4. The number of pyridine rings is 1. The molecule has 0 spiro atoms. The van der Waals surface area contributed by atoms with Crippen LogP contribution in [0.2, 0.25) is 15.1 Å². The summed E-state index contributed by atoms with van der Waals surface area (Å²) in [5, 5.41) is 5.96. The number of hydrogen-bond donors (Lipinski definition) is 0. The van der Waals surface area contributed by atoms with E-state index in [0.29, 0.717) is 50.2 Å². The van der Waals surface area contributed by atoms with Crippen molar-refractivity contribution in [2.24, 2.45) is 0 Å². The zero-order chi connectivity index (χ0) is 26.4. The SMILES string of the molecule is CC1(c2ccc(OCc3c(-c4c(Cl)cccc4Cl)noc3C3CC3)cc2Cl)CC1c1cc(OC=O)ccn1. The van der Waals surface area contributed by atoms with Gasteiger partial charge in [0.15, 0.2) is 0 Å². The third kappa shape index (κ3) is 4.66. The lowest BCUT2D eigenvalue weighted by molar-refractivity contribution is -0.120. The molecule has 0 aliphatic heterocycles. The molecule has 2 fully saturated rings. The van der Waals surface area contributed by atoms with Crippen molar-refractivity contribution >= 4 is 41.3 Å². The van der Waals surface area contributed by atoms with E-state index < -0.39 is 0 Å². The predicted octanol–water partition coefficient (Wildman–Crippen LogP) is 8.13. The third-order valence-corrected chi connectivity index (χ3v) is 8.38. The molecule has 2 aromatic heterocycles. The molecule has 2 aromatic carbocycles. The van der Waals surface area contributed by atoms with Gasteiger partial charge in [-0.3, -0.25) is 9.78 Å². The summed E-state index contributed by atoms with van der Waals surface area (Å²) in [6, 6.07) is 14.6. The second-order valence-electron chi connectivity index (χ2n) is 9.98. The van der Waals surface area contributed by atoms with Crippen LogP contribution in [-0.2, 0) is 16.8 Å². The van der Waals surface area contributed by atoms with Crippen LogP contribution in [0.25, 0.3) is 11.3 Å². The van der Waals surface area contributed by atoms with E-state index in [1.165, 1.54) is 0 Å². The third-order valence-electron chi connectivity index (χ3n) is 7.44. The summed E-state index contributed by atoms with van der Waals surface area (Å²) in [6.07, 6.45) is 4.64. The Labute approximate surface area is 234 Å². The Bertz CT molecular complexity index is 1510. The fourth-order valence-electron chi connectivity index (χ4n) is 5.09. The average molecular weight is 570 g/mol. The molecular weight excluding hydrogens is 547 g/mol. The number of ether oxygens (including phenoxy) is 2. The minimum absolute atomic E-state index is 0.169. The standard InChI is InChI=1S/C29H23Cl3N2O4/c1-29(13-21(29)25-12-18(37-15-35)9-10-33-25)20-8-7-17(11-24(20)32)36-14-19-27(34-38-28(19)16-5-6-16)26-22(30)3-2-4-23(26)31/h2-4,7-12,15-16,21H,5-6,13-14H2,1H3. The number of rotatable bonds is 9. The first kappa shape index (κ1) is 25.2. The Morgan fingerprint density at radius 3 is 2.55 bits per heavy atom. The van der Waals surface area contributed by atoms with Crippen LogP contribution in [0.5, 0.6) is 11.5 Å². The fourth-order valence-corrected chi connectivity index (χ4v) is 6.06. The van der Waals surface area contributed by atoms with E-state index in [1.807, 2.05) is 18.2 Å². The van der Waals surface area contributed by atoms with Gasteiger partial charge >= 0.3 is 0 Å². The van der Waals surface area contributed by atoms with Crippen LogP contribution in [-0.4, -0.2) is 16.6 Å². The molecule has 0 bridgehead atoms. The minimum atomic E-state index is -0.177. The van der Waals surface area contributed by atoms with Gasteiger partial charge in [-0.1, -0.05) is 59.0 Å². The van der Waals surface area contributed by atoms with Crippen molar-refractivity contribution < 1.29 is 18.8 Å². The molecule has 0 radical (unpaired) electrons. The van der Waals surface area contributed by atoms with E-state index in [4.69, 9.17) is 48.8 Å². The lowest BCUT2D eigenvalue weighted by atomic mass is 9.94. The second-order valence-corrected chi connectivity index (χ2v) is 11.2. The van der Waals surface area contributed by atoms with Gasteiger partial charge in [0.05, 0.1) is 15.6 Å². The molecule has 2 heterocycles. The number of aromatic nitrogens is 2.